The van der Waals surface area contributed by atoms with E-state index in [0.29, 0.717) is 0 Å². The molecule has 0 spiro atoms. The van der Waals surface area contributed by atoms with Crippen LogP contribution in [-0.4, -0.2) is 0 Å². The van der Waals surface area contributed by atoms with Crippen molar-refractivity contribution in [1.82, 2.24) is 0 Å². The molecule has 2 aliphatic rings. The summed E-state index contributed by atoms with van der Waals surface area (Å²) >= 11 is 0. The molecule has 3 nitrogen and oxygen atoms in total. The van der Waals surface area contributed by atoms with Crippen LogP contribution in [0, 0.1) is 0 Å². The van der Waals surface area contributed by atoms with Crippen molar-refractivity contribution in [2.45, 2.75) is 12.1 Å². The lowest BCUT2D eigenvalue weighted by Crippen LogP contribution is -2.33. The zero-order valence-electron chi connectivity index (χ0n) is 12.6. The van der Waals surface area contributed by atoms with Crippen molar-refractivity contribution >= 4 is 17.1 Å². The second-order valence-electron chi connectivity index (χ2n) is 6.12. The van der Waals surface area contributed by atoms with Gasteiger partial charge in [-0.15, -0.1) is 0 Å². The first kappa shape index (κ1) is 12.7. The Kier molecular flexibility index (Phi) is 2.55. The van der Waals surface area contributed by atoms with E-state index in [-0.39, 0.29) is 12.1 Å². The van der Waals surface area contributed by atoms with E-state index in [9.17, 15) is 0 Å². The minimum atomic E-state index is 0.156. The predicted octanol–water partition coefficient (Wildman–Crippen LogP) is 4.31. The molecule has 112 valence electrons. The van der Waals surface area contributed by atoms with E-state index in [2.05, 4.69) is 83.8 Å². The van der Waals surface area contributed by atoms with Crippen molar-refractivity contribution < 1.29 is 0 Å². The molecule has 0 saturated carbocycles. The molecule has 2 unspecified atom stereocenters. The molecule has 23 heavy (non-hydrogen) atoms. The van der Waals surface area contributed by atoms with Gasteiger partial charge in [-0.1, -0.05) is 54.6 Å². The van der Waals surface area contributed by atoms with E-state index < -0.39 is 0 Å². The first-order valence-electron chi connectivity index (χ1n) is 7.92. The van der Waals surface area contributed by atoms with Gasteiger partial charge < -0.3 is 9.91 Å². The molecule has 0 amide bonds. The number of anilines is 3. The van der Waals surface area contributed by atoms with Crippen LogP contribution in [0.5, 0.6) is 0 Å². The predicted molar refractivity (Wildman–Crippen MR) is 93.6 cm³/mol. The second kappa shape index (κ2) is 4.61. The highest BCUT2D eigenvalue weighted by Crippen LogP contribution is 2.58. The van der Waals surface area contributed by atoms with Gasteiger partial charge in [-0.2, -0.15) is 0 Å². The lowest BCUT2D eigenvalue weighted by Gasteiger charge is -2.27. The summed E-state index contributed by atoms with van der Waals surface area (Å²) in [5.74, 6) is 6.49. The summed E-state index contributed by atoms with van der Waals surface area (Å²) in [5.41, 5.74) is 6.16. The zero-order valence-corrected chi connectivity index (χ0v) is 12.6. The van der Waals surface area contributed by atoms with Crippen LogP contribution in [0.4, 0.5) is 17.1 Å². The highest BCUT2D eigenvalue weighted by atomic mass is 15.5. The van der Waals surface area contributed by atoms with Crippen LogP contribution in [0.3, 0.4) is 0 Å². The molecule has 2 atom stereocenters. The molecular formula is C20H17N3. The molecule has 3 aromatic rings. The Morgan fingerprint density at radius 1 is 0.609 bits per heavy atom. The van der Waals surface area contributed by atoms with Crippen LogP contribution >= 0.6 is 0 Å². The number of benzene rings is 3. The Labute approximate surface area is 135 Å². The van der Waals surface area contributed by atoms with Gasteiger partial charge in [0, 0.05) is 22.5 Å². The quantitative estimate of drug-likeness (QED) is 0.679. The lowest BCUT2D eigenvalue weighted by molar-refractivity contribution is 0.598. The second-order valence-corrected chi connectivity index (χ2v) is 6.12. The number of para-hydroxylation sites is 3. The molecule has 0 fully saturated rings. The standard InChI is InChI=1S/C20H17N3/c21-23-18-13-7-5-11-16(18)19-20(23)15-10-4-6-12-17(15)22(19)14-8-2-1-3-9-14/h1-13,19-20H,21H2. The fraction of sp³-hybridized carbons (Fsp3) is 0.100. The molecule has 5 rings (SSSR count). The lowest BCUT2D eigenvalue weighted by atomic mass is 10.0. The molecule has 0 aliphatic carbocycles. The molecule has 0 aromatic heterocycles. The monoisotopic (exact) mass is 299 g/mol. The van der Waals surface area contributed by atoms with Crippen LogP contribution in [0.1, 0.15) is 23.2 Å². The van der Waals surface area contributed by atoms with Crippen LogP contribution in [0.25, 0.3) is 0 Å². The Morgan fingerprint density at radius 2 is 1.17 bits per heavy atom. The van der Waals surface area contributed by atoms with E-state index in [4.69, 9.17) is 5.84 Å². The molecular weight excluding hydrogens is 282 g/mol. The maximum atomic E-state index is 6.49. The fourth-order valence-corrected chi connectivity index (χ4v) is 4.04. The van der Waals surface area contributed by atoms with Crippen LogP contribution in [-0.2, 0) is 0 Å². The third-order valence-corrected chi connectivity index (χ3v) is 4.96. The molecule has 3 heteroatoms. The molecule has 0 bridgehead atoms. The number of nitrogens with zero attached hydrogens (tertiary/aromatic N) is 2. The molecule has 2 heterocycles. The topological polar surface area (TPSA) is 32.5 Å². The smallest absolute Gasteiger partial charge is 0.0971 e. The summed E-state index contributed by atoms with van der Waals surface area (Å²) < 4.78 is 0. The van der Waals surface area contributed by atoms with Crippen molar-refractivity contribution in [3.63, 3.8) is 0 Å². The number of hydrazine groups is 1. The van der Waals surface area contributed by atoms with Gasteiger partial charge in [0.1, 0.15) is 0 Å². The van der Waals surface area contributed by atoms with E-state index in [0.717, 1.165) is 5.69 Å². The Bertz CT molecular complexity index is 875. The van der Waals surface area contributed by atoms with Gasteiger partial charge in [0.15, 0.2) is 0 Å². The Morgan fingerprint density at radius 3 is 1.91 bits per heavy atom. The van der Waals surface area contributed by atoms with Crippen LogP contribution in [0.15, 0.2) is 78.9 Å². The summed E-state index contributed by atoms with van der Waals surface area (Å²) in [7, 11) is 0. The highest BCUT2D eigenvalue weighted by molar-refractivity contribution is 5.79. The van der Waals surface area contributed by atoms with Gasteiger partial charge >= 0.3 is 0 Å². The largest absolute Gasteiger partial charge is 0.331 e. The van der Waals surface area contributed by atoms with Crippen LogP contribution < -0.4 is 15.8 Å². The van der Waals surface area contributed by atoms with Crippen molar-refractivity contribution in [2.24, 2.45) is 5.84 Å². The minimum Gasteiger partial charge on any atom is -0.331 e. The highest BCUT2D eigenvalue weighted by Gasteiger charge is 2.48. The number of hydrogen-bond donors (Lipinski definition) is 1. The average molecular weight is 299 g/mol. The molecule has 0 saturated heterocycles. The van der Waals surface area contributed by atoms with Crippen molar-refractivity contribution in [1.29, 1.82) is 0 Å². The number of hydrogen-bond acceptors (Lipinski definition) is 3. The first-order chi connectivity index (χ1) is 11.4. The number of nitrogens with two attached hydrogens (primary N) is 1. The SMILES string of the molecule is NN1c2ccccc2C2C1c1ccccc1N2c1ccccc1. The molecule has 2 N–H and O–H groups in total. The maximum absolute atomic E-state index is 6.49. The van der Waals surface area contributed by atoms with Gasteiger partial charge in [0.05, 0.1) is 17.8 Å². The van der Waals surface area contributed by atoms with Gasteiger partial charge in [-0.3, -0.25) is 0 Å². The van der Waals surface area contributed by atoms with Crippen molar-refractivity contribution in [3.05, 3.63) is 90.0 Å². The van der Waals surface area contributed by atoms with Crippen molar-refractivity contribution in [3.8, 4) is 0 Å². The normalized spacial score (nSPS) is 21.1. The maximum Gasteiger partial charge on any atom is 0.0971 e. The minimum absolute atomic E-state index is 0.156. The van der Waals surface area contributed by atoms with E-state index in [1.807, 2.05) is 5.01 Å². The zero-order chi connectivity index (χ0) is 15.4. The molecule has 3 aromatic carbocycles. The van der Waals surface area contributed by atoms with E-state index in [1.54, 1.807) is 0 Å². The fourth-order valence-electron chi connectivity index (χ4n) is 4.04. The van der Waals surface area contributed by atoms with Crippen LogP contribution in [0.2, 0.25) is 0 Å². The summed E-state index contributed by atoms with van der Waals surface area (Å²) in [4.78, 5) is 2.42. The summed E-state index contributed by atoms with van der Waals surface area (Å²) in [6.07, 6.45) is 0. The third kappa shape index (κ3) is 1.63. The Balaban J connectivity index is 1.77. The Hall–Kier alpha value is -2.78. The number of rotatable bonds is 1. The van der Waals surface area contributed by atoms with Gasteiger partial charge in [0.2, 0.25) is 0 Å². The summed E-state index contributed by atoms with van der Waals surface area (Å²) in [6.45, 7) is 0. The first-order valence-corrected chi connectivity index (χ1v) is 7.92. The van der Waals surface area contributed by atoms with Crippen molar-refractivity contribution in [2.75, 3.05) is 9.91 Å². The molecule has 2 aliphatic heterocycles. The molecule has 0 radical (unpaired) electrons. The van der Waals surface area contributed by atoms with Gasteiger partial charge in [0.25, 0.3) is 0 Å². The summed E-state index contributed by atoms with van der Waals surface area (Å²) in [6, 6.07) is 28.0. The van der Waals surface area contributed by atoms with E-state index in [1.165, 1.54) is 22.5 Å². The third-order valence-electron chi connectivity index (χ3n) is 4.96. The van der Waals surface area contributed by atoms with Gasteiger partial charge in [-0.05, 0) is 24.3 Å². The summed E-state index contributed by atoms with van der Waals surface area (Å²) in [5, 5.41) is 1.93. The van der Waals surface area contributed by atoms with E-state index >= 15 is 0 Å². The van der Waals surface area contributed by atoms with Gasteiger partial charge in [-0.25, -0.2) is 5.84 Å². The number of fused-ring (bicyclic) bond motifs is 5. The average Bonchev–Trinajstić information content (AvgIpc) is 3.10.